The van der Waals surface area contributed by atoms with E-state index in [0.29, 0.717) is 11.4 Å². The van der Waals surface area contributed by atoms with Gasteiger partial charge in [0, 0.05) is 5.69 Å². The normalized spacial score (nSPS) is 11.5. The fourth-order valence-electron chi connectivity index (χ4n) is 3.39. The largest absolute Gasteiger partial charge is 0.410 e. The molecule has 0 heterocycles. The molecule has 6 nitrogen and oxygen atoms in total. The number of nitrogens with two attached hydrogens (primary N) is 1. The predicted molar refractivity (Wildman–Crippen MR) is 116 cm³/mol. The second kappa shape index (κ2) is 7.10. The third kappa shape index (κ3) is 4.14. The maximum atomic E-state index is 11.5. The number of hydrogen-bond acceptors (Lipinski definition) is 4. The van der Waals surface area contributed by atoms with Gasteiger partial charge in [0.2, 0.25) is 10.0 Å². The molecule has 1 amide bonds. The second-order valence-electron chi connectivity index (χ2n) is 6.76. The Kier molecular flexibility index (Phi) is 4.60. The van der Waals surface area contributed by atoms with Crippen molar-refractivity contribution in [2.75, 3.05) is 11.0 Å². The Labute approximate surface area is 168 Å². The summed E-state index contributed by atoms with van der Waals surface area (Å²) in [5.41, 5.74) is 7.53. The number of benzene rings is 4. The molecule has 0 aliphatic heterocycles. The summed E-state index contributed by atoms with van der Waals surface area (Å²) < 4.78 is 30.5. The number of fused-ring (bicyclic) bond motifs is 2. The Morgan fingerprint density at radius 2 is 1.62 bits per heavy atom. The van der Waals surface area contributed by atoms with Crippen LogP contribution in [-0.4, -0.2) is 20.8 Å². The van der Waals surface area contributed by atoms with Gasteiger partial charge in [-0.25, -0.2) is 13.2 Å². The van der Waals surface area contributed by atoms with Crippen LogP contribution in [0.3, 0.4) is 0 Å². The number of primary amides is 1. The van der Waals surface area contributed by atoms with Gasteiger partial charge in [-0.2, -0.15) is 0 Å². The van der Waals surface area contributed by atoms with Crippen molar-refractivity contribution in [3.63, 3.8) is 0 Å². The van der Waals surface area contributed by atoms with Gasteiger partial charge >= 0.3 is 6.09 Å². The molecule has 4 rings (SSSR count). The second-order valence-corrected chi connectivity index (χ2v) is 8.51. The quantitative estimate of drug-likeness (QED) is 0.522. The van der Waals surface area contributed by atoms with Crippen molar-refractivity contribution < 1.29 is 17.9 Å². The molecule has 0 saturated heterocycles. The first-order chi connectivity index (χ1) is 13.8. The Morgan fingerprint density at radius 3 is 2.38 bits per heavy atom. The van der Waals surface area contributed by atoms with E-state index in [4.69, 9.17) is 10.5 Å². The van der Waals surface area contributed by atoms with Gasteiger partial charge in [0.15, 0.2) is 0 Å². The van der Waals surface area contributed by atoms with Gasteiger partial charge in [0.05, 0.1) is 6.26 Å². The van der Waals surface area contributed by atoms with Gasteiger partial charge in [-0.05, 0) is 63.0 Å². The van der Waals surface area contributed by atoms with E-state index in [-0.39, 0.29) is 0 Å². The zero-order chi connectivity index (χ0) is 20.6. The minimum atomic E-state index is -3.34. The number of amides is 1. The highest BCUT2D eigenvalue weighted by Crippen LogP contribution is 2.35. The number of anilines is 1. The first-order valence-corrected chi connectivity index (χ1v) is 10.7. The fourth-order valence-corrected chi connectivity index (χ4v) is 3.94. The van der Waals surface area contributed by atoms with Crippen LogP contribution < -0.4 is 15.2 Å². The van der Waals surface area contributed by atoms with Crippen LogP contribution in [-0.2, 0) is 10.0 Å². The van der Waals surface area contributed by atoms with E-state index in [1.54, 1.807) is 24.3 Å². The number of ether oxygens (including phenoxy) is 1. The molecule has 0 aliphatic rings. The van der Waals surface area contributed by atoms with Gasteiger partial charge in [0.25, 0.3) is 0 Å². The Bertz CT molecular complexity index is 1360. The maximum absolute atomic E-state index is 11.5. The lowest BCUT2D eigenvalue weighted by atomic mass is 9.96. The monoisotopic (exact) mass is 406 g/mol. The molecule has 4 aromatic rings. The maximum Gasteiger partial charge on any atom is 0.409 e. The fraction of sp³-hybridized carbons (Fsp3) is 0.0455. The number of rotatable bonds is 4. The summed E-state index contributed by atoms with van der Waals surface area (Å²) in [6.45, 7) is 0. The Morgan fingerprint density at radius 1 is 0.897 bits per heavy atom. The zero-order valence-corrected chi connectivity index (χ0v) is 16.4. The standard InChI is InChI=1S/C22H18N2O4S/c1-29(26,27)24-18-9-8-14-10-17(7-6-15(14)11-18)21-13-19(28-22(23)25)12-16-4-2-3-5-20(16)21/h2-13,24H,1H3,(H2,23,25). The van der Waals surface area contributed by atoms with E-state index < -0.39 is 16.1 Å². The van der Waals surface area contributed by atoms with E-state index >= 15 is 0 Å². The number of nitrogens with one attached hydrogen (secondary N) is 1. The third-order valence-corrected chi connectivity index (χ3v) is 5.11. The molecule has 7 heteroatoms. The molecule has 0 saturated carbocycles. The Balaban J connectivity index is 1.84. The van der Waals surface area contributed by atoms with Crippen molar-refractivity contribution in [2.24, 2.45) is 5.73 Å². The molecule has 29 heavy (non-hydrogen) atoms. The van der Waals surface area contributed by atoms with Gasteiger partial charge in [0.1, 0.15) is 5.75 Å². The lowest BCUT2D eigenvalue weighted by Gasteiger charge is -2.12. The number of sulfonamides is 1. The van der Waals surface area contributed by atoms with Crippen molar-refractivity contribution in [2.45, 2.75) is 0 Å². The van der Waals surface area contributed by atoms with Crippen LogP contribution in [0.1, 0.15) is 0 Å². The van der Waals surface area contributed by atoms with Crippen LogP contribution >= 0.6 is 0 Å². The summed E-state index contributed by atoms with van der Waals surface area (Å²) >= 11 is 0. The van der Waals surface area contributed by atoms with Crippen LogP contribution in [0, 0.1) is 0 Å². The van der Waals surface area contributed by atoms with E-state index in [1.165, 1.54) is 0 Å². The molecule has 0 unspecified atom stereocenters. The van der Waals surface area contributed by atoms with Gasteiger partial charge in [-0.1, -0.05) is 42.5 Å². The van der Waals surface area contributed by atoms with Crippen molar-refractivity contribution in [3.05, 3.63) is 72.8 Å². The van der Waals surface area contributed by atoms with E-state index in [9.17, 15) is 13.2 Å². The lowest BCUT2D eigenvalue weighted by molar-refractivity contribution is 0.211. The highest BCUT2D eigenvalue weighted by Gasteiger charge is 2.10. The predicted octanol–water partition coefficient (Wildman–Crippen LogP) is 4.49. The minimum absolute atomic E-state index is 0.374. The summed E-state index contributed by atoms with van der Waals surface area (Å²) in [5, 5.41) is 3.79. The number of hydrogen-bond donors (Lipinski definition) is 2. The SMILES string of the molecule is CS(=O)(=O)Nc1ccc2cc(-c3cc(OC(N)=O)cc4ccccc34)ccc2c1. The summed E-state index contributed by atoms with van der Waals surface area (Å²) in [6.07, 6.45) is 0.252. The highest BCUT2D eigenvalue weighted by molar-refractivity contribution is 7.92. The Hall–Kier alpha value is -3.58. The molecule has 0 fully saturated rings. The van der Waals surface area contributed by atoms with Gasteiger partial charge in [-0.3, -0.25) is 4.72 Å². The van der Waals surface area contributed by atoms with Crippen LogP contribution in [0.5, 0.6) is 5.75 Å². The molecule has 0 radical (unpaired) electrons. The molecule has 0 aromatic heterocycles. The topological polar surface area (TPSA) is 98.5 Å². The smallest absolute Gasteiger partial charge is 0.409 e. The minimum Gasteiger partial charge on any atom is -0.410 e. The number of carbonyl (C=O) groups is 1. The molecular weight excluding hydrogens is 388 g/mol. The molecule has 0 atom stereocenters. The van der Waals surface area contributed by atoms with E-state index in [1.807, 2.05) is 48.5 Å². The van der Waals surface area contributed by atoms with Crippen molar-refractivity contribution in [1.82, 2.24) is 0 Å². The summed E-state index contributed by atoms with van der Waals surface area (Å²) in [4.78, 5) is 11.2. The average Bonchev–Trinajstić information content (AvgIpc) is 2.65. The van der Waals surface area contributed by atoms with Crippen molar-refractivity contribution in [1.29, 1.82) is 0 Å². The number of carbonyl (C=O) groups excluding carboxylic acids is 1. The molecule has 0 bridgehead atoms. The molecule has 0 aliphatic carbocycles. The zero-order valence-electron chi connectivity index (χ0n) is 15.5. The first kappa shape index (κ1) is 18.8. The lowest BCUT2D eigenvalue weighted by Crippen LogP contribution is -2.16. The van der Waals surface area contributed by atoms with E-state index in [0.717, 1.165) is 38.9 Å². The van der Waals surface area contributed by atoms with Gasteiger partial charge < -0.3 is 10.5 Å². The van der Waals surface area contributed by atoms with E-state index in [2.05, 4.69) is 4.72 Å². The summed E-state index contributed by atoms with van der Waals surface area (Å²) in [5.74, 6) is 0.374. The summed E-state index contributed by atoms with van der Waals surface area (Å²) in [6, 6.07) is 22.6. The highest BCUT2D eigenvalue weighted by atomic mass is 32.2. The van der Waals surface area contributed by atoms with Crippen LogP contribution in [0.4, 0.5) is 10.5 Å². The van der Waals surface area contributed by atoms with Crippen LogP contribution in [0.2, 0.25) is 0 Å². The van der Waals surface area contributed by atoms with Crippen molar-refractivity contribution >= 4 is 43.3 Å². The molecule has 4 aromatic carbocycles. The average molecular weight is 406 g/mol. The first-order valence-electron chi connectivity index (χ1n) is 8.80. The van der Waals surface area contributed by atoms with Crippen molar-refractivity contribution in [3.8, 4) is 16.9 Å². The molecule has 146 valence electrons. The molecule has 0 spiro atoms. The van der Waals surface area contributed by atoms with Gasteiger partial charge in [-0.15, -0.1) is 0 Å². The van der Waals surface area contributed by atoms with Crippen LogP contribution in [0.15, 0.2) is 72.8 Å². The van der Waals surface area contributed by atoms with Crippen LogP contribution in [0.25, 0.3) is 32.7 Å². The molecular formula is C22H18N2O4S. The summed E-state index contributed by atoms with van der Waals surface area (Å²) in [7, 11) is -3.34. The third-order valence-electron chi connectivity index (χ3n) is 4.51. The molecule has 3 N–H and O–H groups in total.